The van der Waals surface area contributed by atoms with Crippen LogP contribution in [0.2, 0.25) is 0 Å². The molecule has 2 aromatic rings. The summed E-state index contributed by atoms with van der Waals surface area (Å²) in [6.45, 7) is 4.66. The quantitative estimate of drug-likeness (QED) is 0.364. The first kappa shape index (κ1) is 26.0. The van der Waals surface area contributed by atoms with E-state index in [0.717, 1.165) is 38.4 Å². The fraction of sp³-hybridized carbons (Fsp3) is 0.333. The van der Waals surface area contributed by atoms with Gasteiger partial charge in [0.25, 0.3) is 0 Å². The Morgan fingerprint density at radius 2 is 1.51 bits per heavy atom. The second-order valence-electron chi connectivity index (χ2n) is 7.92. The molecular weight excluding hydrogens is 450 g/mol. The van der Waals surface area contributed by atoms with Crippen LogP contribution in [0.15, 0.2) is 48.6 Å². The Kier molecular flexibility index (Phi) is 9.89. The van der Waals surface area contributed by atoms with Crippen LogP contribution in [-0.2, 0) is 14.3 Å². The summed E-state index contributed by atoms with van der Waals surface area (Å²) in [5, 5.41) is 9.63. The summed E-state index contributed by atoms with van der Waals surface area (Å²) in [5.74, 6) is 0.893. The second kappa shape index (κ2) is 13.3. The average Bonchev–Trinajstić information content (AvgIpc) is 2.88. The second-order valence-corrected chi connectivity index (χ2v) is 7.92. The van der Waals surface area contributed by atoms with Gasteiger partial charge >= 0.3 is 0 Å². The number of methoxy groups -OCH3 is 2. The molecule has 1 saturated heterocycles. The predicted molar refractivity (Wildman–Crippen MR) is 133 cm³/mol. The number of benzene rings is 2. The molecule has 35 heavy (non-hydrogen) atoms. The van der Waals surface area contributed by atoms with Crippen molar-refractivity contribution in [3.8, 4) is 23.0 Å². The van der Waals surface area contributed by atoms with Crippen LogP contribution in [0.1, 0.15) is 17.5 Å². The maximum absolute atomic E-state index is 12.2. The van der Waals surface area contributed by atoms with Gasteiger partial charge in [-0.3, -0.25) is 14.5 Å². The van der Waals surface area contributed by atoms with E-state index in [4.69, 9.17) is 18.9 Å². The van der Waals surface area contributed by atoms with Gasteiger partial charge in [0.1, 0.15) is 6.61 Å². The fourth-order valence-corrected chi connectivity index (χ4v) is 3.48. The maximum atomic E-state index is 12.2. The molecule has 0 radical (unpaired) electrons. The van der Waals surface area contributed by atoms with Crippen LogP contribution >= 0.6 is 0 Å². The first-order valence-corrected chi connectivity index (χ1v) is 11.4. The number of phenols is 1. The number of nitrogens with zero attached hydrogens (tertiary/aromatic N) is 1. The fourth-order valence-electron chi connectivity index (χ4n) is 3.48. The molecule has 1 aliphatic heterocycles. The Balaban J connectivity index is 1.50. The molecule has 0 unspecified atom stereocenters. The first-order chi connectivity index (χ1) is 17.0. The van der Waals surface area contributed by atoms with E-state index in [0.29, 0.717) is 29.4 Å². The van der Waals surface area contributed by atoms with Crippen molar-refractivity contribution in [2.75, 3.05) is 53.7 Å². The van der Waals surface area contributed by atoms with E-state index in [9.17, 15) is 14.7 Å². The summed E-state index contributed by atoms with van der Waals surface area (Å²) in [6, 6.07) is 10.1. The van der Waals surface area contributed by atoms with Crippen molar-refractivity contribution in [3.63, 3.8) is 0 Å². The third-order valence-electron chi connectivity index (χ3n) is 5.43. The third kappa shape index (κ3) is 8.27. The lowest BCUT2D eigenvalue weighted by atomic mass is 10.1. The lowest BCUT2D eigenvalue weighted by molar-refractivity contribution is -0.121. The Hall–Kier alpha value is -3.62. The van der Waals surface area contributed by atoms with Crippen LogP contribution < -0.4 is 14.2 Å². The lowest BCUT2D eigenvalue weighted by Crippen LogP contribution is -2.38. The van der Waals surface area contributed by atoms with Gasteiger partial charge in [-0.15, -0.1) is 0 Å². The van der Waals surface area contributed by atoms with Crippen molar-refractivity contribution in [2.24, 2.45) is 0 Å². The Bertz CT molecular complexity index is 1070. The number of hydrogen-bond donors (Lipinski definition) is 1. The van der Waals surface area contributed by atoms with Gasteiger partial charge in [-0.05, 0) is 47.5 Å². The molecule has 0 bridgehead atoms. The smallest absolute Gasteiger partial charge is 0.163 e. The largest absolute Gasteiger partial charge is 0.504 e. The molecule has 1 N–H and O–H groups in total. The highest BCUT2D eigenvalue weighted by molar-refractivity contribution is 6.10. The third-order valence-corrected chi connectivity index (χ3v) is 5.43. The van der Waals surface area contributed by atoms with Crippen LogP contribution in [0.5, 0.6) is 23.0 Å². The number of ketones is 2. The van der Waals surface area contributed by atoms with E-state index in [2.05, 4.69) is 4.90 Å². The Labute approximate surface area is 205 Å². The standard InChI is InChI=1S/C27H31NO7/c1-32-26-17-20(5-9-24(26)31)3-7-22(29)19-23(30)8-4-21-6-10-25(27(18-21)33-2)35-16-13-28-11-14-34-15-12-28/h3-10,17-18,31H,11-16,19H2,1-2H3/b7-3+,8-4+. The number of ether oxygens (including phenoxy) is 4. The van der Waals surface area contributed by atoms with E-state index in [1.54, 1.807) is 37.5 Å². The van der Waals surface area contributed by atoms with Crippen LogP contribution in [0, 0.1) is 0 Å². The number of allylic oxidation sites excluding steroid dienone is 2. The van der Waals surface area contributed by atoms with Crippen LogP contribution in [0.3, 0.4) is 0 Å². The van der Waals surface area contributed by atoms with Crippen molar-refractivity contribution in [2.45, 2.75) is 6.42 Å². The summed E-state index contributed by atoms with van der Waals surface area (Å²) in [6.07, 6.45) is 5.68. The number of carbonyl (C=O) groups excluding carboxylic acids is 2. The van der Waals surface area contributed by atoms with Crippen LogP contribution in [0.4, 0.5) is 0 Å². The number of rotatable bonds is 12. The summed E-state index contributed by atoms with van der Waals surface area (Å²) in [7, 11) is 3.01. The van der Waals surface area contributed by atoms with Crippen LogP contribution in [-0.4, -0.2) is 75.2 Å². The lowest BCUT2D eigenvalue weighted by Gasteiger charge is -2.26. The van der Waals surface area contributed by atoms with Gasteiger partial charge in [0.15, 0.2) is 34.6 Å². The van der Waals surface area contributed by atoms with Gasteiger partial charge in [0, 0.05) is 19.6 Å². The number of carbonyl (C=O) groups is 2. The summed E-state index contributed by atoms with van der Waals surface area (Å²) >= 11 is 0. The molecule has 2 aromatic carbocycles. The van der Waals surface area contributed by atoms with Gasteiger partial charge in [0.2, 0.25) is 0 Å². The molecule has 1 heterocycles. The first-order valence-electron chi connectivity index (χ1n) is 11.4. The van der Waals surface area contributed by atoms with Crippen molar-refractivity contribution in [3.05, 3.63) is 59.7 Å². The number of hydrogen-bond acceptors (Lipinski definition) is 8. The predicted octanol–water partition coefficient (Wildman–Crippen LogP) is 3.38. The highest BCUT2D eigenvalue weighted by Crippen LogP contribution is 2.29. The molecule has 8 heteroatoms. The summed E-state index contributed by atoms with van der Waals surface area (Å²) < 4.78 is 21.7. The molecule has 0 atom stereocenters. The molecule has 1 fully saturated rings. The molecule has 1 aliphatic rings. The van der Waals surface area contributed by atoms with Gasteiger partial charge in [-0.1, -0.05) is 24.3 Å². The molecule has 0 saturated carbocycles. The van der Waals surface area contributed by atoms with Crippen LogP contribution in [0.25, 0.3) is 12.2 Å². The minimum absolute atomic E-state index is 0.0144. The molecule has 0 amide bonds. The highest BCUT2D eigenvalue weighted by Gasteiger charge is 2.11. The summed E-state index contributed by atoms with van der Waals surface area (Å²) in [5.41, 5.74) is 1.44. The molecule has 0 spiro atoms. The normalized spacial score (nSPS) is 14.3. The van der Waals surface area contributed by atoms with Crippen molar-refractivity contribution in [1.29, 1.82) is 0 Å². The van der Waals surface area contributed by atoms with Gasteiger partial charge in [-0.2, -0.15) is 0 Å². The van der Waals surface area contributed by atoms with E-state index >= 15 is 0 Å². The molecule has 0 aliphatic carbocycles. The van der Waals surface area contributed by atoms with E-state index in [-0.39, 0.29) is 23.7 Å². The molecular formula is C27H31NO7. The van der Waals surface area contributed by atoms with Crippen molar-refractivity contribution < 1.29 is 33.6 Å². The van der Waals surface area contributed by atoms with Crippen molar-refractivity contribution >= 4 is 23.7 Å². The van der Waals surface area contributed by atoms with Gasteiger partial charge in [0.05, 0.1) is 33.9 Å². The zero-order valence-corrected chi connectivity index (χ0v) is 20.1. The monoisotopic (exact) mass is 481 g/mol. The zero-order chi connectivity index (χ0) is 25.0. The van der Waals surface area contributed by atoms with E-state index < -0.39 is 0 Å². The summed E-state index contributed by atoms with van der Waals surface area (Å²) in [4.78, 5) is 26.7. The number of phenolic OH excluding ortho intramolecular Hbond substituents is 1. The molecule has 186 valence electrons. The van der Waals surface area contributed by atoms with Gasteiger partial charge in [-0.25, -0.2) is 0 Å². The topological polar surface area (TPSA) is 94.5 Å². The molecule has 3 rings (SSSR count). The Morgan fingerprint density at radius 1 is 0.914 bits per heavy atom. The zero-order valence-electron chi connectivity index (χ0n) is 20.1. The minimum Gasteiger partial charge on any atom is -0.504 e. The maximum Gasteiger partial charge on any atom is 0.163 e. The highest BCUT2D eigenvalue weighted by atomic mass is 16.5. The minimum atomic E-state index is -0.326. The van der Waals surface area contributed by atoms with E-state index in [1.165, 1.54) is 25.3 Å². The molecule has 0 aromatic heterocycles. The van der Waals surface area contributed by atoms with Gasteiger partial charge < -0.3 is 24.1 Å². The van der Waals surface area contributed by atoms with E-state index in [1.807, 2.05) is 12.1 Å². The number of morpholine rings is 1. The Morgan fingerprint density at radius 3 is 2.14 bits per heavy atom. The van der Waals surface area contributed by atoms with Crippen molar-refractivity contribution in [1.82, 2.24) is 4.90 Å². The average molecular weight is 482 g/mol. The molecule has 8 nitrogen and oxygen atoms in total. The number of aromatic hydroxyl groups is 1. The SMILES string of the molecule is COc1cc(/C=C/C(=O)CC(=O)/C=C/c2ccc(OCCN3CCOCC3)c(OC)c2)ccc1O.